The lowest BCUT2D eigenvalue weighted by molar-refractivity contribution is -0.119. The lowest BCUT2D eigenvalue weighted by atomic mass is 10.1. The van der Waals surface area contributed by atoms with E-state index in [4.69, 9.17) is 4.74 Å². The van der Waals surface area contributed by atoms with Gasteiger partial charge in [-0.1, -0.05) is 42.1 Å². The van der Waals surface area contributed by atoms with Crippen LogP contribution >= 0.6 is 11.8 Å². The minimum absolute atomic E-state index is 0.115. The van der Waals surface area contributed by atoms with Gasteiger partial charge in [0.05, 0.1) is 24.5 Å². The zero-order chi connectivity index (χ0) is 21.1. The molecule has 1 N–H and O–H groups in total. The van der Waals surface area contributed by atoms with Crippen LogP contribution in [0.3, 0.4) is 0 Å². The molecular weight excluding hydrogens is 403 g/mol. The molecule has 1 amide bonds. The van der Waals surface area contributed by atoms with Crippen LogP contribution in [0, 0.1) is 5.82 Å². The standard InChI is InChI=1S/C22H23FN4O2S/c1-14(16-7-4-6-10-19(16)29-2)24-20(28)13-30-22-26-25-21(27(22)15-11-12-15)17-8-3-5-9-18(17)23/h3-10,14-15H,11-13H2,1-2H3,(H,24,28). The van der Waals surface area contributed by atoms with Gasteiger partial charge in [0.2, 0.25) is 5.91 Å². The SMILES string of the molecule is COc1ccccc1C(C)NC(=O)CSc1nnc(-c2ccccc2F)n1C1CC1. The molecule has 0 spiro atoms. The summed E-state index contributed by atoms with van der Waals surface area (Å²) in [6.07, 6.45) is 2.01. The maximum Gasteiger partial charge on any atom is 0.230 e. The zero-order valence-electron chi connectivity index (χ0n) is 16.8. The number of amides is 1. The van der Waals surface area contributed by atoms with Crippen LogP contribution in [-0.2, 0) is 4.79 Å². The summed E-state index contributed by atoms with van der Waals surface area (Å²) in [6.45, 7) is 1.92. The largest absolute Gasteiger partial charge is 0.496 e. The fourth-order valence-electron chi connectivity index (χ4n) is 3.38. The van der Waals surface area contributed by atoms with Crippen LogP contribution in [0.25, 0.3) is 11.4 Å². The van der Waals surface area contributed by atoms with E-state index >= 15 is 0 Å². The van der Waals surface area contributed by atoms with Crippen molar-refractivity contribution in [3.8, 4) is 17.1 Å². The summed E-state index contributed by atoms with van der Waals surface area (Å²) in [7, 11) is 1.61. The van der Waals surface area contributed by atoms with E-state index in [2.05, 4.69) is 15.5 Å². The smallest absolute Gasteiger partial charge is 0.230 e. The van der Waals surface area contributed by atoms with Crippen molar-refractivity contribution in [2.45, 2.75) is 37.0 Å². The third-order valence-corrected chi connectivity index (χ3v) is 5.95. The Kier molecular flexibility index (Phi) is 6.03. The molecule has 6 nitrogen and oxygen atoms in total. The quantitative estimate of drug-likeness (QED) is 0.541. The first-order chi connectivity index (χ1) is 14.6. The first kappa shape index (κ1) is 20.4. The second-order valence-electron chi connectivity index (χ2n) is 7.21. The van der Waals surface area contributed by atoms with E-state index in [1.54, 1.807) is 25.3 Å². The number of thioether (sulfide) groups is 1. The van der Waals surface area contributed by atoms with Crippen LogP contribution < -0.4 is 10.1 Å². The molecular formula is C22H23FN4O2S. The average molecular weight is 427 g/mol. The van der Waals surface area contributed by atoms with E-state index in [-0.39, 0.29) is 29.6 Å². The van der Waals surface area contributed by atoms with E-state index < -0.39 is 0 Å². The fraction of sp³-hybridized carbons (Fsp3) is 0.318. The van der Waals surface area contributed by atoms with Crippen molar-refractivity contribution in [2.75, 3.05) is 12.9 Å². The lowest BCUT2D eigenvalue weighted by Gasteiger charge is -2.17. The highest BCUT2D eigenvalue weighted by Gasteiger charge is 2.31. The highest BCUT2D eigenvalue weighted by Crippen LogP contribution is 2.41. The number of hydrogen-bond donors (Lipinski definition) is 1. The Balaban J connectivity index is 1.45. The number of rotatable bonds is 8. The van der Waals surface area contributed by atoms with Gasteiger partial charge in [0, 0.05) is 11.6 Å². The summed E-state index contributed by atoms with van der Waals surface area (Å²) >= 11 is 1.32. The first-order valence-electron chi connectivity index (χ1n) is 9.83. The lowest BCUT2D eigenvalue weighted by Crippen LogP contribution is -2.28. The minimum atomic E-state index is -0.327. The molecule has 1 aliphatic rings. The number of carbonyl (C=O) groups is 1. The molecule has 1 fully saturated rings. The Morgan fingerprint density at radius 3 is 2.70 bits per heavy atom. The van der Waals surface area contributed by atoms with Crippen molar-refractivity contribution in [3.05, 3.63) is 59.9 Å². The van der Waals surface area contributed by atoms with Crippen LogP contribution in [0.15, 0.2) is 53.7 Å². The Morgan fingerprint density at radius 1 is 1.23 bits per heavy atom. The molecule has 2 aromatic carbocycles. The van der Waals surface area contributed by atoms with E-state index in [1.807, 2.05) is 35.8 Å². The number of nitrogens with zero attached hydrogens (tertiary/aromatic N) is 3. The second kappa shape index (κ2) is 8.87. The fourth-order valence-corrected chi connectivity index (χ4v) is 4.20. The van der Waals surface area contributed by atoms with Gasteiger partial charge >= 0.3 is 0 Å². The number of benzene rings is 2. The van der Waals surface area contributed by atoms with E-state index in [0.717, 1.165) is 24.2 Å². The van der Waals surface area contributed by atoms with E-state index in [9.17, 15) is 9.18 Å². The summed E-state index contributed by atoms with van der Waals surface area (Å²) in [5.41, 5.74) is 1.35. The van der Waals surface area contributed by atoms with Crippen LogP contribution in [0.4, 0.5) is 4.39 Å². The van der Waals surface area contributed by atoms with Gasteiger partial charge in [-0.3, -0.25) is 9.36 Å². The molecule has 1 atom stereocenters. The van der Waals surface area contributed by atoms with Gasteiger partial charge in [-0.15, -0.1) is 10.2 Å². The van der Waals surface area contributed by atoms with E-state index in [1.165, 1.54) is 17.8 Å². The number of carbonyl (C=O) groups excluding carboxylic acids is 1. The summed E-state index contributed by atoms with van der Waals surface area (Å²) in [5.74, 6) is 1.01. The molecule has 0 saturated heterocycles. The molecule has 1 unspecified atom stereocenters. The summed E-state index contributed by atoms with van der Waals surface area (Å²) in [5, 5.41) is 12.1. The molecule has 3 aromatic rings. The van der Waals surface area contributed by atoms with E-state index in [0.29, 0.717) is 16.5 Å². The summed E-state index contributed by atoms with van der Waals surface area (Å²) < 4.78 is 21.6. The predicted molar refractivity (Wildman–Crippen MR) is 114 cm³/mol. The number of nitrogens with one attached hydrogen (secondary N) is 1. The van der Waals surface area contributed by atoms with Crippen molar-refractivity contribution in [3.63, 3.8) is 0 Å². The van der Waals surface area contributed by atoms with Gasteiger partial charge in [0.15, 0.2) is 11.0 Å². The number of ether oxygens (including phenoxy) is 1. The maximum atomic E-state index is 14.3. The van der Waals surface area contributed by atoms with Gasteiger partial charge in [0.1, 0.15) is 11.6 Å². The molecule has 8 heteroatoms. The molecule has 0 aliphatic heterocycles. The van der Waals surface area contributed by atoms with Gasteiger partial charge in [-0.25, -0.2) is 4.39 Å². The van der Waals surface area contributed by atoms with Crippen molar-refractivity contribution >= 4 is 17.7 Å². The Hall–Kier alpha value is -2.87. The summed E-state index contributed by atoms with van der Waals surface area (Å²) in [6, 6.07) is 14.2. The van der Waals surface area contributed by atoms with Crippen molar-refractivity contribution in [2.24, 2.45) is 0 Å². The molecule has 30 heavy (non-hydrogen) atoms. The Morgan fingerprint density at radius 2 is 1.97 bits per heavy atom. The molecule has 156 valence electrons. The first-order valence-corrected chi connectivity index (χ1v) is 10.8. The maximum absolute atomic E-state index is 14.3. The monoisotopic (exact) mass is 426 g/mol. The topological polar surface area (TPSA) is 69.0 Å². The molecule has 1 heterocycles. The zero-order valence-corrected chi connectivity index (χ0v) is 17.7. The third kappa shape index (κ3) is 4.33. The number of methoxy groups -OCH3 is 1. The summed E-state index contributed by atoms with van der Waals surface area (Å²) in [4.78, 5) is 12.5. The van der Waals surface area contributed by atoms with Gasteiger partial charge in [0.25, 0.3) is 0 Å². The highest BCUT2D eigenvalue weighted by molar-refractivity contribution is 7.99. The van der Waals surface area contributed by atoms with Gasteiger partial charge in [-0.05, 0) is 38.0 Å². The minimum Gasteiger partial charge on any atom is -0.496 e. The van der Waals surface area contributed by atoms with Crippen LogP contribution in [-0.4, -0.2) is 33.5 Å². The number of hydrogen-bond acceptors (Lipinski definition) is 5. The Labute approximate surface area is 178 Å². The number of aromatic nitrogens is 3. The van der Waals surface area contributed by atoms with Crippen LogP contribution in [0.1, 0.15) is 37.4 Å². The predicted octanol–water partition coefficient (Wildman–Crippen LogP) is 4.40. The molecule has 1 aliphatic carbocycles. The third-order valence-electron chi connectivity index (χ3n) is 5.01. The molecule has 0 radical (unpaired) electrons. The Bertz CT molecular complexity index is 1050. The van der Waals surface area contributed by atoms with Crippen molar-refractivity contribution in [1.29, 1.82) is 0 Å². The van der Waals surface area contributed by atoms with Gasteiger partial charge < -0.3 is 10.1 Å². The number of halogens is 1. The normalized spacial score (nSPS) is 14.4. The molecule has 4 rings (SSSR count). The van der Waals surface area contributed by atoms with Gasteiger partial charge in [-0.2, -0.15) is 0 Å². The molecule has 0 bridgehead atoms. The second-order valence-corrected chi connectivity index (χ2v) is 8.15. The van der Waals surface area contributed by atoms with Crippen molar-refractivity contribution < 1.29 is 13.9 Å². The average Bonchev–Trinajstić information content (AvgIpc) is 3.51. The van der Waals surface area contributed by atoms with Crippen LogP contribution in [0.2, 0.25) is 0 Å². The van der Waals surface area contributed by atoms with Crippen LogP contribution in [0.5, 0.6) is 5.75 Å². The molecule has 1 saturated carbocycles. The van der Waals surface area contributed by atoms with Crippen molar-refractivity contribution in [1.82, 2.24) is 20.1 Å². The molecule has 1 aromatic heterocycles. The highest BCUT2D eigenvalue weighted by atomic mass is 32.2. The number of para-hydroxylation sites is 1.